The fraction of sp³-hybridized carbons (Fsp3) is 0.524. The SMILES string of the molecule is CCOC(=O)c1cn([C@H](CO)C(C)(C)C)c2cc(F)c(I)cc2c1=O.CCOC(=O)c1cn([C@H](CO[Si](C)(C)C(C)(C)C)C(C)(C)C)c2cc(F)c(I)cc2c1=O. The van der Waals surface area contributed by atoms with Crippen LogP contribution in [0.15, 0.2) is 46.2 Å². The molecule has 2 aromatic heterocycles. The number of halogens is 4. The number of hydrogen-bond donors (Lipinski definition) is 1. The lowest BCUT2D eigenvalue weighted by Crippen LogP contribution is -2.43. The summed E-state index contributed by atoms with van der Waals surface area (Å²) in [4.78, 5) is 50.6. The van der Waals surface area contributed by atoms with Gasteiger partial charge in [0.15, 0.2) is 8.32 Å². The van der Waals surface area contributed by atoms with Crippen LogP contribution in [0.3, 0.4) is 0 Å². The van der Waals surface area contributed by atoms with Crippen LogP contribution in [0.4, 0.5) is 8.78 Å². The van der Waals surface area contributed by atoms with E-state index in [9.17, 15) is 33.1 Å². The van der Waals surface area contributed by atoms with E-state index >= 15 is 0 Å². The van der Waals surface area contributed by atoms with Gasteiger partial charge in [-0.05, 0) is 112 Å². The molecule has 10 nitrogen and oxygen atoms in total. The number of carbonyl (C=O) groups excluding carboxylic acids is 2. The van der Waals surface area contributed by atoms with Gasteiger partial charge in [0, 0.05) is 30.3 Å². The molecule has 0 fully saturated rings. The largest absolute Gasteiger partial charge is 0.462 e. The van der Waals surface area contributed by atoms with Crippen LogP contribution in [0, 0.1) is 29.6 Å². The highest BCUT2D eigenvalue weighted by Crippen LogP contribution is 2.40. The fourth-order valence-corrected chi connectivity index (χ4v) is 7.88. The molecule has 314 valence electrons. The summed E-state index contributed by atoms with van der Waals surface area (Å²) in [6.07, 6.45) is 2.88. The number of carbonyl (C=O) groups is 2. The molecule has 0 saturated carbocycles. The smallest absolute Gasteiger partial charge is 0.343 e. The number of ether oxygens (including phenoxy) is 2. The van der Waals surface area contributed by atoms with Crippen molar-refractivity contribution in [2.45, 2.75) is 106 Å². The standard InChI is InChI=1S/C24H35FINO4Si.C18H21FINO4/c1-10-30-22(29)16-13-27(19-12-17(25)18(26)11-15(19)21(16)28)20(23(2,3)4)14-31-32(8,9)24(5,6)7;1-5-25-17(24)11-8-21(15(9-22)18(2,3)4)14-7-12(19)13(20)6-10(14)16(11)23/h11-13,20H,10,14H2,1-9H3;6-8,15,22H,5,9H2,1-4H3/t20-;15-/m11/s1. The summed E-state index contributed by atoms with van der Waals surface area (Å²) in [6, 6.07) is 4.86. The zero-order chi connectivity index (χ0) is 43.6. The summed E-state index contributed by atoms with van der Waals surface area (Å²) >= 11 is 3.66. The Balaban J connectivity index is 0.000000315. The number of fused-ring (bicyclic) bond motifs is 2. The van der Waals surface area contributed by atoms with Gasteiger partial charge in [0.1, 0.15) is 22.8 Å². The van der Waals surface area contributed by atoms with Crippen molar-refractivity contribution >= 4 is 87.2 Å². The topological polar surface area (TPSA) is 126 Å². The van der Waals surface area contributed by atoms with Crippen LogP contribution in [0.5, 0.6) is 0 Å². The fourth-order valence-electron chi connectivity index (χ4n) is 5.94. The van der Waals surface area contributed by atoms with Gasteiger partial charge in [-0.25, -0.2) is 18.4 Å². The summed E-state index contributed by atoms with van der Waals surface area (Å²) in [5, 5.41) is 10.4. The van der Waals surface area contributed by atoms with E-state index in [1.54, 1.807) is 41.0 Å². The number of aromatic nitrogens is 2. The Morgan fingerprint density at radius 1 is 0.719 bits per heavy atom. The Labute approximate surface area is 362 Å². The highest BCUT2D eigenvalue weighted by Gasteiger charge is 2.39. The molecule has 0 bridgehead atoms. The maximum atomic E-state index is 14.6. The summed E-state index contributed by atoms with van der Waals surface area (Å²) in [5.41, 5.74) is -1.04. The van der Waals surface area contributed by atoms with E-state index in [4.69, 9.17) is 13.9 Å². The Morgan fingerprint density at radius 2 is 1.09 bits per heavy atom. The molecule has 0 radical (unpaired) electrons. The molecule has 2 aromatic carbocycles. The van der Waals surface area contributed by atoms with Crippen LogP contribution >= 0.6 is 45.2 Å². The summed E-state index contributed by atoms with van der Waals surface area (Å²) in [6.45, 7) is 26.7. The maximum Gasteiger partial charge on any atom is 0.343 e. The lowest BCUT2D eigenvalue weighted by Gasteiger charge is -2.40. The number of nitrogens with zero attached hydrogens (tertiary/aromatic N) is 2. The van der Waals surface area contributed by atoms with Crippen LogP contribution in [-0.4, -0.2) is 60.9 Å². The van der Waals surface area contributed by atoms with Gasteiger partial charge in [-0.15, -0.1) is 0 Å². The number of benzene rings is 2. The van der Waals surface area contributed by atoms with Gasteiger partial charge in [0.25, 0.3) is 0 Å². The van der Waals surface area contributed by atoms with Crippen molar-refractivity contribution in [2.24, 2.45) is 10.8 Å². The molecule has 4 aromatic rings. The minimum absolute atomic E-state index is 0.0271. The number of pyridine rings is 2. The van der Waals surface area contributed by atoms with Gasteiger partial charge in [0.05, 0.1) is 49.5 Å². The van der Waals surface area contributed by atoms with Crippen LogP contribution in [0.25, 0.3) is 21.8 Å². The van der Waals surface area contributed by atoms with Crippen LogP contribution in [0.1, 0.15) is 109 Å². The zero-order valence-electron chi connectivity index (χ0n) is 35.2. The van der Waals surface area contributed by atoms with Gasteiger partial charge < -0.3 is 28.1 Å². The van der Waals surface area contributed by atoms with Crippen molar-refractivity contribution in [1.82, 2.24) is 9.13 Å². The van der Waals surface area contributed by atoms with Gasteiger partial charge in [-0.3, -0.25) is 9.59 Å². The maximum absolute atomic E-state index is 14.6. The predicted molar refractivity (Wildman–Crippen MR) is 241 cm³/mol. The first-order valence-electron chi connectivity index (χ1n) is 18.8. The number of aliphatic hydroxyl groups is 1. The lowest BCUT2D eigenvalue weighted by atomic mass is 9.86. The van der Waals surface area contributed by atoms with E-state index < -0.39 is 48.8 Å². The van der Waals surface area contributed by atoms with Crippen molar-refractivity contribution in [1.29, 1.82) is 0 Å². The van der Waals surface area contributed by atoms with E-state index in [2.05, 4.69) is 54.6 Å². The highest BCUT2D eigenvalue weighted by molar-refractivity contribution is 14.1. The van der Waals surface area contributed by atoms with Crippen molar-refractivity contribution in [3.63, 3.8) is 0 Å². The van der Waals surface area contributed by atoms with Crippen LogP contribution < -0.4 is 10.9 Å². The van der Waals surface area contributed by atoms with Gasteiger partial charge in [-0.2, -0.15) is 0 Å². The summed E-state index contributed by atoms with van der Waals surface area (Å²) in [7, 11) is -2.07. The molecular formula is C42H56F2I2N2O8Si. The molecule has 0 unspecified atom stereocenters. The number of aliphatic hydroxyl groups excluding tert-OH is 1. The van der Waals surface area contributed by atoms with Crippen molar-refractivity contribution < 1.29 is 37.4 Å². The number of hydrogen-bond acceptors (Lipinski definition) is 8. The third-order valence-corrected chi connectivity index (χ3v) is 16.5. The molecule has 1 N–H and O–H groups in total. The van der Waals surface area contributed by atoms with E-state index in [0.29, 0.717) is 26.6 Å². The van der Waals surface area contributed by atoms with E-state index in [-0.39, 0.29) is 61.8 Å². The normalized spacial score (nSPS) is 13.6. The number of esters is 2. The molecule has 15 heteroatoms. The molecule has 0 spiro atoms. The van der Waals surface area contributed by atoms with E-state index in [0.717, 1.165) is 0 Å². The van der Waals surface area contributed by atoms with Gasteiger partial charge in [0.2, 0.25) is 10.9 Å². The molecule has 0 amide bonds. The van der Waals surface area contributed by atoms with Gasteiger partial charge in [-0.1, -0.05) is 62.3 Å². The average Bonchev–Trinajstić information content (AvgIpc) is 3.07. The van der Waals surface area contributed by atoms with Crippen molar-refractivity contribution in [3.8, 4) is 0 Å². The van der Waals surface area contributed by atoms with Crippen molar-refractivity contribution in [3.05, 3.63) is 87.0 Å². The minimum Gasteiger partial charge on any atom is -0.462 e. The lowest BCUT2D eigenvalue weighted by molar-refractivity contribution is 0.0513. The molecule has 2 atom stereocenters. The second-order valence-corrected chi connectivity index (χ2v) is 24.7. The second kappa shape index (κ2) is 18.7. The van der Waals surface area contributed by atoms with Crippen LogP contribution in [0.2, 0.25) is 18.1 Å². The second-order valence-electron chi connectivity index (χ2n) is 17.6. The first-order valence-corrected chi connectivity index (χ1v) is 23.9. The molecule has 4 rings (SSSR count). The third kappa shape index (κ3) is 11.1. The molecule has 0 aliphatic rings. The molecule has 0 aliphatic heterocycles. The Morgan fingerprint density at radius 3 is 1.40 bits per heavy atom. The quantitative estimate of drug-likeness (QED) is 0.0946. The number of rotatable bonds is 10. The monoisotopic (exact) mass is 1040 g/mol. The molecule has 0 aliphatic carbocycles. The average molecular weight is 1040 g/mol. The van der Waals surface area contributed by atoms with Crippen LogP contribution in [-0.2, 0) is 13.9 Å². The van der Waals surface area contributed by atoms with Gasteiger partial charge >= 0.3 is 11.9 Å². The van der Waals surface area contributed by atoms with Crippen molar-refractivity contribution in [2.75, 3.05) is 26.4 Å². The summed E-state index contributed by atoms with van der Waals surface area (Å²) < 4.78 is 49.4. The highest BCUT2D eigenvalue weighted by atomic mass is 127. The molecule has 0 saturated heterocycles. The molecular weight excluding hydrogens is 980 g/mol. The third-order valence-electron chi connectivity index (χ3n) is 10.4. The zero-order valence-corrected chi connectivity index (χ0v) is 40.5. The predicted octanol–water partition coefficient (Wildman–Crippen LogP) is 10.0. The summed E-state index contributed by atoms with van der Waals surface area (Å²) in [5.74, 6) is -2.28. The minimum atomic E-state index is -2.07. The molecule has 2 heterocycles. The Kier molecular flexibility index (Phi) is 15.9. The first-order chi connectivity index (χ1) is 26.1. The Bertz CT molecular complexity index is 2250. The first kappa shape index (κ1) is 48.6. The Hall–Kier alpha value is -2.74. The van der Waals surface area contributed by atoms with E-state index in [1.807, 2.05) is 47.9 Å². The molecule has 57 heavy (non-hydrogen) atoms. The van der Waals surface area contributed by atoms with E-state index in [1.165, 1.54) is 36.7 Å².